The zero-order chi connectivity index (χ0) is 9.97. The SMILES string of the molecule is CC1=C(C)N(c2ccccc2)CNC1. The van der Waals surface area contributed by atoms with E-state index >= 15 is 0 Å². The Balaban J connectivity index is 2.32. The second-order valence-corrected chi connectivity index (χ2v) is 3.71. The first kappa shape index (κ1) is 9.28. The number of nitrogens with one attached hydrogen (secondary N) is 1. The van der Waals surface area contributed by atoms with Crippen molar-refractivity contribution in [3.63, 3.8) is 0 Å². The third kappa shape index (κ3) is 1.66. The van der Waals surface area contributed by atoms with Crippen LogP contribution in [0.15, 0.2) is 41.6 Å². The Morgan fingerprint density at radius 1 is 1.14 bits per heavy atom. The molecule has 0 aromatic heterocycles. The largest absolute Gasteiger partial charge is 0.332 e. The number of nitrogens with zero attached hydrogens (tertiary/aromatic N) is 1. The van der Waals surface area contributed by atoms with Crippen molar-refractivity contribution < 1.29 is 0 Å². The molecule has 74 valence electrons. The van der Waals surface area contributed by atoms with Crippen molar-refractivity contribution in [2.24, 2.45) is 0 Å². The molecular weight excluding hydrogens is 172 g/mol. The molecule has 1 aromatic carbocycles. The van der Waals surface area contributed by atoms with E-state index in [1.807, 2.05) is 6.07 Å². The van der Waals surface area contributed by atoms with E-state index in [1.165, 1.54) is 17.0 Å². The maximum atomic E-state index is 3.38. The van der Waals surface area contributed by atoms with Crippen LogP contribution in [0.4, 0.5) is 5.69 Å². The van der Waals surface area contributed by atoms with Crippen molar-refractivity contribution in [2.75, 3.05) is 18.1 Å². The van der Waals surface area contributed by atoms with Crippen LogP contribution in [0.2, 0.25) is 0 Å². The molecule has 0 saturated carbocycles. The first-order chi connectivity index (χ1) is 6.79. The molecule has 1 aliphatic rings. The van der Waals surface area contributed by atoms with Gasteiger partial charge in [0.15, 0.2) is 0 Å². The van der Waals surface area contributed by atoms with Crippen LogP contribution in [0.1, 0.15) is 13.8 Å². The number of hydrogen-bond acceptors (Lipinski definition) is 2. The van der Waals surface area contributed by atoms with Crippen LogP contribution in [0.25, 0.3) is 0 Å². The molecule has 0 radical (unpaired) electrons. The molecule has 0 aliphatic carbocycles. The summed E-state index contributed by atoms with van der Waals surface area (Å²) in [4.78, 5) is 2.30. The lowest BCUT2D eigenvalue weighted by Gasteiger charge is -2.31. The molecule has 0 fully saturated rings. The zero-order valence-electron chi connectivity index (χ0n) is 8.75. The normalized spacial score (nSPS) is 17.4. The van der Waals surface area contributed by atoms with Crippen molar-refractivity contribution in [3.05, 3.63) is 41.6 Å². The average molecular weight is 188 g/mol. The molecule has 0 saturated heterocycles. The van der Waals surface area contributed by atoms with Crippen LogP contribution in [-0.4, -0.2) is 13.2 Å². The van der Waals surface area contributed by atoms with Crippen molar-refractivity contribution in [2.45, 2.75) is 13.8 Å². The van der Waals surface area contributed by atoms with Crippen molar-refractivity contribution in [1.82, 2.24) is 5.32 Å². The molecule has 1 N–H and O–H groups in total. The van der Waals surface area contributed by atoms with Gasteiger partial charge in [-0.2, -0.15) is 0 Å². The predicted octanol–water partition coefficient (Wildman–Crippen LogP) is 2.35. The van der Waals surface area contributed by atoms with Gasteiger partial charge in [0.2, 0.25) is 0 Å². The van der Waals surface area contributed by atoms with Crippen LogP contribution >= 0.6 is 0 Å². The second kappa shape index (κ2) is 3.84. The Labute approximate surface area is 85.2 Å². The van der Waals surface area contributed by atoms with Crippen LogP contribution in [-0.2, 0) is 0 Å². The fourth-order valence-corrected chi connectivity index (χ4v) is 1.72. The summed E-state index contributed by atoms with van der Waals surface area (Å²) in [5.74, 6) is 0. The van der Waals surface area contributed by atoms with Gasteiger partial charge in [-0.15, -0.1) is 0 Å². The lowest BCUT2D eigenvalue weighted by Crippen LogP contribution is -2.39. The van der Waals surface area contributed by atoms with Gasteiger partial charge in [-0.1, -0.05) is 18.2 Å². The van der Waals surface area contributed by atoms with Crippen LogP contribution < -0.4 is 10.2 Å². The number of hydrogen-bond donors (Lipinski definition) is 1. The highest BCUT2D eigenvalue weighted by molar-refractivity contribution is 5.53. The minimum absolute atomic E-state index is 0.910. The third-order valence-electron chi connectivity index (χ3n) is 2.75. The smallest absolute Gasteiger partial charge is 0.0730 e. The highest BCUT2D eigenvalue weighted by Crippen LogP contribution is 2.21. The van der Waals surface area contributed by atoms with E-state index in [0.717, 1.165) is 13.2 Å². The number of para-hydroxylation sites is 1. The van der Waals surface area contributed by atoms with Crippen molar-refractivity contribution in [3.8, 4) is 0 Å². The van der Waals surface area contributed by atoms with E-state index < -0.39 is 0 Å². The van der Waals surface area contributed by atoms with Gasteiger partial charge in [0.05, 0.1) is 6.67 Å². The molecule has 0 unspecified atom stereocenters. The Bertz CT molecular complexity index is 341. The Kier molecular flexibility index (Phi) is 2.55. The Morgan fingerprint density at radius 2 is 1.86 bits per heavy atom. The van der Waals surface area contributed by atoms with Crippen molar-refractivity contribution in [1.29, 1.82) is 0 Å². The summed E-state index contributed by atoms with van der Waals surface area (Å²) in [5, 5.41) is 3.38. The van der Waals surface area contributed by atoms with E-state index in [9.17, 15) is 0 Å². The van der Waals surface area contributed by atoms with Gasteiger partial charge in [-0.25, -0.2) is 0 Å². The molecule has 14 heavy (non-hydrogen) atoms. The highest BCUT2D eigenvalue weighted by Gasteiger charge is 2.14. The topological polar surface area (TPSA) is 15.3 Å². The van der Waals surface area contributed by atoms with Gasteiger partial charge in [0.25, 0.3) is 0 Å². The minimum atomic E-state index is 0.910. The van der Waals surface area contributed by atoms with Gasteiger partial charge >= 0.3 is 0 Å². The van der Waals surface area contributed by atoms with Gasteiger partial charge in [-0.05, 0) is 31.6 Å². The van der Waals surface area contributed by atoms with Crippen LogP contribution in [0.5, 0.6) is 0 Å². The summed E-state index contributed by atoms with van der Waals surface area (Å²) < 4.78 is 0. The molecule has 1 aliphatic heterocycles. The molecule has 0 atom stereocenters. The Morgan fingerprint density at radius 3 is 2.57 bits per heavy atom. The quantitative estimate of drug-likeness (QED) is 0.727. The molecule has 1 heterocycles. The van der Waals surface area contributed by atoms with E-state index in [2.05, 4.69) is 48.3 Å². The van der Waals surface area contributed by atoms with E-state index in [1.54, 1.807) is 0 Å². The molecule has 0 amide bonds. The first-order valence-corrected chi connectivity index (χ1v) is 4.98. The second-order valence-electron chi connectivity index (χ2n) is 3.71. The molecule has 2 rings (SSSR count). The molecular formula is C12H16N2. The molecule has 0 spiro atoms. The number of anilines is 1. The van der Waals surface area contributed by atoms with Crippen molar-refractivity contribution >= 4 is 5.69 Å². The van der Waals surface area contributed by atoms with Gasteiger partial charge < -0.3 is 4.90 Å². The highest BCUT2D eigenvalue weighted by atomic mass is 15.2. The van der Waals surface area contributed by atoms with E-state index in [4.69, 9.17) is 0 Å². The minimum Gasteiger partial charge on any atom is -0.332 e. The van der Waals surface area contributed by atoms with E-state index in [0.29, 0.717) is 0 Å². The van der Waals surface area contributed by atoms with Crippen LogP contribution in [0, 0.1) is 0 Å². The first-order valence-electron chi connectivity index (χ1n) is 4.98. The summed E-state index contributed by atoms with van der Waals surface area (Å²) in [6, 6.07) is 10.5. The van der Waals surface area contributed by atoms with Gasteiger partial charge in [0.1, 0.15) is 0 Å². The molecule has 2 nitrogen and oxygen atoms in total. The summed E-state index contributed by atoms with van der Waals surface area (Å²) in [5.41, 5.74) is 4.05. The summed E-state index contributed by atoms with van der Waals surface area (Å²) >= 11 is 0. The summed E-state index contributed by atoms with van der Waals surface area (Å²) in [6.45, 7) is 6.28. The number of rotatable bonds is 1. The number of benzene rings is 1. The fraction of sp³-hybridized carbons (Fsp3) is 0.333. The molecule has 2 heteroatoms. The molecule has 1 aromatic rings. The fourth-order valence-electron chi connectivity index (χ4n) is 1.72. The lowest BCUT2D eigenvalue weighted by molar-refractivity contribution is 0.671. The lowest BCUT2D eigenvalue weighted by atomic mass is 10.1. The average Bonchev–Trinajstić information content (AvgIpc) is 2.23. The zero-order valence-corrected chi connectivity index (χ0v) is 8.75. The third-order valence-corrected chi connectivity index (χ3v) is 2.75. The van der Waals surface area contributed by atoms with Gasteiger partial charge in [-0.3, -0.25) is 5.32 Å². The molecule has 0 bridgehead atoms. The Hall–Kier alpha value is -1.28. The maximum Gasteiger partial charge on any atom is 0.0730 e. The predicted molar refractivity (Wildman–Crippen MR) is 60.2 cm³/mol. The standard InChI is InChI=1S/C12H16N2/c1-10-8-13-9-14(11(10)2)12-6-4-3-5-7-12/h3-7,13H,8-9H2,1-2H3. The van der Waals surface area contributed by atoms with E-state index in [-0.39, 0.29) is 0 Å². The monoisotopic (exact) mass is 188 g/mol. The summed E-state index contributed by atoms with van der Waals surface area (Å²) in [7, 11) is 0. The van der Waals surface area contributed by atoms with Gasteiger partial charge in [0, 0.05) is 17.9 Å². The summed E-state index contributed by atoms with van der Waals surface area (Å²) in [6.07, 6.45) is 0. The number of allylic oxidation sites excluding steroid dienone is 1. The maximum absolute atomic E-state index is 3.38. The van der Waals surface area contributed by atoms with Crippen LogP contribution in [0.3, 0.4) is 0 Å².